The zero-order valence-electron chi connectivity index (χ0n) is 7.33. The molecule has 0 spiro atoms. The van der Waals surface area contributed by atoms with Gasteiger partial charge in [0.25, 0.3) is 0 Å². The maximum atomic E-state index is 8.65. The van der Waals surface area contributed by atoms with E-state index in [1.165, 1.54) is 0 Å². The van der Waals surface area contributed by atoms with Gasteiger partial charge in [-0.15, -0.1) is 0 Å². The molecule has 0 aliphatic rings. The first kappa shape index (κ1) is 10.8. The Bertz CT molecular complexity index is 85.8. The molecular formula is C7H17NO3. The van der Waals surface area contributed by atoms with E-state index in [0.29, 0.717) is 6.54 Å². The minimum Gasteiger partial charge on any atom is -0.395 e. The fourth-order valence-corrected chi connectivity index (χ4v) is 0.625. The molecule has 0 aromatic heterocycles. The number of methoxy groups -OCH3 is 2. The van der Waals surface area contributed by atoms with Crippen molar-refractivity contribution in [1.29, 1.82) is 0 Å². The van der Waals surface area contributed by atoms with Crippen LogP contribution in [-0.2, 0) is 9.47 Å². The minimum absolute atomic E-state index is 0.0859. The molecule has 4 heteroatoms. The average Bonchev–Trinajstić information content (AvgIpc) is 2.06. The molecule has 0 aliphatic heterocycles. The Morgan fingerprint density at radius 1 is 1.36 bits per heavy atom. The summed E-state index contributed by atoms with van der Waals surface area (Å²) in [5.74, 6) is 0. The van der Waals surface area contributed by atoms with Crippen LogP contribution in [0.2, 0.25) is 0 Å². The van der Waals surface area contributed by atoms with Crippen LogP contribution in [0.15, 0.2) is 0 Å². The van der Waals surface area contributed by atoms with E-state index in [4.69, 9.17) is 14.6 Å². The highest BCUT2D eigenvalue weighted by Crippen LogP contribution is 1.88. The van der Waals surface area contributed by atoms with Crippen LogP contribution in [0.25, 0.3) is 0 Å². The third-order valence-electron chi connectivity index (χ3n) is 1.43. The molecule has 0 radical (unpaired) electrons. The van der Waals surface area contributed by atoms with E-state index in [-0.39, 0.29) is 18.9 Å². The molecule has 0 saturated carbocycles. The van der Waals surface area contributed by atoms with Crippen LogP contribution in [0.5, 0.6) is 0 Å². The summed E-state index contributed by atoms with van der Waals surface area (Å²) in [5.41, 5.74) is 0. The summed E-state index contributed by atoms with van der Waals surface area (Å²) < 4.78 is 9.86. The van der Waals surface area contributed by atoms with Gasteiger partial charge in [-0.1, -0.05) is 0 Å². The number of rotatable bonds is 6. The van der Waals surface area contributed by atoms with Crippen molar-refractivity contribution in [2.75, 3.05) is 27.4 Å². The predicted octanol–water partition coefficient (Wildman–Crippen LogP) is -0.424. The molecule has 1 atom stereocenters. The second-order valence-electron chi connectivity index (χ2n) is 2.39. The average molecular weight is 163 g/mol. The van der Waals surface area contributed by atoms with E-state index in [1.54, 1.807) is 14.2 Å². The molecule has 0 rings (SSSR count). The van der Waals surface area contributed by atoms with Crippen molar-refractivity contribution >= 4 is 0 Å². The molecule has 0 saturated heterocycles. The number of aliphatic hydroxyl groups is 1. The summed E-state index contributed by atoms with van der Waals surface area (Å²) in [6.07, 6.45) is -0.232. The van der Waals surface area contributed by atoms with Crippen LogP contribution in [0.1, 0.15) is 6.92 Å². The fourth-order valence-electron chi connectivity index (χ4n) is 0.625. The van der Waals surface area contributed by atoms with E-state index < -0.39 is 0 Å². The van der Waals surface area contributed by atoms with Crippen LogP contribution < -0.4 is 5.32 Å². The molecule has 0 aliphatic carbocycles. The second kappa shape index (κ2) is 6.54. The SMILES string of the molecule is COC(CN[C@H](C)CO)OC. The number of nitrogens with one attached hydrogen (secondary N) is 1. The fraction of sp³-hybridized carbons (Fsp3) is 1.00. The minimum atomic E-state index is -0.232. The topological polar surface area (TPSA) is 50.7 Å². The highest BCUT2D eigenvalue weighted by Gasteiger charge is 2.05. The zero-order chi connectivity index (χ0) is 8.69. The zero-order valence-corrected chi connectivity index (χ0v) is 7.33. The molecule has 0 fully saturated rings. The van der Waals surface area contributed by atoms with Gasteiger partial charge in [0.05, 0.1) is 6.61 Å². The Kier molecular flexibility index (Phi) is 6.45. The van der Waals surface area contributed by atoms with Gasteiger partial charge in [-0.2, -0.15) is 0 Å². The molecule has 0 aromatic rings. The quantitative estimate of drug-likeness (QED) is 0.522. The highest BCUT2D eigenvalue weighted by molar-refractivity contribution is 4.58. The van der Waals surface area contributed by atoms with E-state index >= 15 is 0 Å². The molecule has 0 aromatic carbocycles. The van der Waals surface area contributed by atoms with Crippen LogP contribution in [0.4, 0.5) is 0 Å². The molecule has 0 unspecified atom stereocenters. The molecule has 11 heavy (non-hydrogen) atoms. The maximum Gasteiger partial charge on any atom is 0.169 e. The van der Waals surface area contributed by atoms with Gasteiger partial charge in [-0.25, -0.2) is 0 Å². The number of aliphatic hydroxyl groups excluding tert-OH is 1. The van der Waals surface area contributed by atoms with Crippen molar-refractivity contribution < 1.29 is 14.6 Å². The van der Waals surface area contributed by atoms with Gasteiger partial charge >= 0.3 is 0 Å². The van der Waals surface area contributed by atoms with Gasteiger partial charge in [0.1, 0.15) is 0 Å². The molecule has 0 heterocycles. The first-order valence-corrected chi connectivity index (χ1v) is 3.64. The second-order valence-corrected chi connectivity index (χ2v) is 2.39. The van der Waals surface area contributed by atoms with Crippen molar-refractivity contribution in [3.63, 3.8) is 0 Å². The van der Waals surface area contributed by atoms with Gasteiger partial charge in [-0.05, 0) is 6.92 Å². The Labute approximate surface area is 67.5 Å². The standard InChI is InChI=1S/C7H17NO3/c1-6(5-9)8-4-7(10-2)11-3/h6-9H,4-5H2,1-3H3/t6-/m1/s1. The Hall–Kier alpha value is -0.160. The molecule has 4 nitrogen and oxygen atoms in total. The van der Waals surface area contributed by atoms with E-state index in [9.17, 15) is 0 Å². The molecule has 2 N–H and O–H groups in total. The number of ether oxygens (including phenoxy) is 2. The normalized spacial score (nSPS) is 13.9. The lowest BCUT2D eigenvalue weighted by Crippen LogP contribution is -2.37. The van der Waals surface area contributed by atoms with Crippen molar-refractivity contribution in [3.05, 3.63) is 0 Å². The smallest absolute Gasteiger partial charge is 0.169 e. The van der Waals surface area contributed by atoms with Crippen molar-refractivity contribution in [2.24, 2.45) is 0 Å². The first-order valence-electron chi connectivity index (χ1n) is 3.64. The highest BCUT2D eigenvalue weighted by atomic mass is 16.7. The van der Waals surface area contributed by atoms with Gasteiger partial charge in [-0.3, -0.25) is 0 Å². The van der Waals surface area contributed by atoms with E-state index in [2.05, 4.69) is 5.32 Å². The summed E-state index contributed by atoms with van der Waals surface area (Å²) in [7, 11) is 3.17. The lowest BCUT2D eigenvalue weighted by atomic mass is 10.3. The molecular weight excluding hydrogens is 146 g/mol. The summed E-state index contributed by atoms with van der Waals surface area (Å²) in [6.45, 7) is 2.61. The van der Waals surface area contributed by atoms with Gasteiger partial charge in [0.2, 0.25) is 0 Å². The summed E-state index contributed by atoms with van der Waals surface area (Å²) >= 11 is 0. The summed E-state index contributed by atoms with van der Waals surface area (Å²) in [4.78, 5) is 0. The molecule has 0 bridgehead atoms. The van der Waals surface area contributed by atoms with Gasteiger partial charge in [0.15, 0.2) is 6.29 Å². The largest absolute Gasteiger partial charge is 0.395 e. The van der Waals surface area contributed by atoms with Gasteiger partial charge < -0.3 is 19.9 Å². The third kappa shape index (κ3) is 5.15. The first-order chi connectivity index (χ1) is 5.24. The van der Waals surface area contributed by atoms with Crippen LogP contribution in [0.3, 0.4) is 0 Å². The van der Waals surface area contributed by atoms with Crippen LogP contribution >= 0.6 is 0 Å². The van der Waals surface area contributed by atoms with Crippen LogP contribution in [0, 0.1) is 0 Å². The van der Waals surface area contributed by atoms with Crippen molar-refractivity contribution in [1.82, 2.24) is 5.32 Å². The number of hydrogen-bond donors (Lipinski definition) is 2. The predicted molar refractivity (Wildman–Crippen MR) is 42.4 cm³/mol. The monoisotopic (exact) mass is 163 g/mol. The Balaban J connectivity index is 3.34. The summed E-state index contributed by atoms with van der Waals surface area (Å²) in [6, 6.07) is 0.0859. The summed E-state index contributed by atoms with van der Waals surface area (Å²) in [5, 5.41) is 11.7. The Morgan fingerprint density at radius 2 is 1.91 bits per heavy atom. The molecule has 68 valence electrons. The Morgan fingerprint density at radius 3 is 2.27 bits per heavy atom. The maximum absolute atomic E-state index is 8.65. The van der Waals surface area contributed by atoms with Crippen LogP contribution in [-0.4, -0.2) is 44.8 Å². The lowest BCUT2D eigenvalue weighted by Gasteiger charge is -2.16. The van der Waals surface area contributed by atoms with Crippen molar-refractivity contribution in [2.45, 2.75) is 19.3 Å². The number of hydrogen-bond acceptors (Lipinski definition) is 4. The lowest BCUT2D eigenvalue weighted by molar-refractivity contribution is -0.100. The van der Waals surface area contributed by atoms with Crippen molar-refractivity contribution in [3.8, 4) is 0 Å². The van der Waals surface area contributed by atoms with Gasteiger partial charge in [0, 0.05) is 26.8 Å². The van der Waals surface area contributed by atoms with E-state index in [0.717, 1.165) is 0 Å². The third-order valence-corrected chi connectivity index (χ3v) is 1.43. The molecule has 0 amide bonds. The van der Waals surface area contributed by atoms with E-state index in [1.807, 2.05) is 6.92 Å².